The van der Waals surface area contributed by atoms with Gasteiger partial charge in [-0.05, 0) is 58.3 Å². The minimum absolute atomic E-state index is 0.222. The van der Waals surface area contributed by atoms with Crippen molar-refractivity contribution in [1.82, 2.24) is 14.7 Å². The Hall–Kier alpha value is -1.34. The highest BCUT2D eigenvalue weighted by Gasteiger charge is 2.34. The first-order valence-corrected chi connectivity index (χ1v) is 10.7. The fraction of sp³-hybridized carbons (Fsp3) is 0.727. The standard InChI is InChI=1S/C22H37N3O3/c1-17(2)24-10-7-18(8-11-24)25-13-12-23(15-19(25)9-14-26)16-20-21(27)5-4-6-22(20)28-3/h4-6,17-19,26-27H,7-16H2,1-3H3/t19-/m0/s1. The summed E-state index contributed by atoms with van der Waals surface area (Å²) >= 11 is 0. The fourth-order valence-corrected chi connectivity index (χ4v) is 4.83. The number of phenolic OH excluding ortho intramolecular Hbond substituents is 1. The Morgan fingerprint density at radius 1 is 1.14 bits per heavy atom. The van der Waals surface area contributed by atoms with Gasteiger partial charge in [-0.25, -0.2) is 0 Å². The molecule has 0 aliphatic carbocycles. The number of aliphatic hydroxyl groups excluding tert-OH is 1. The van der Waals surface area contributed by atoms with E-state index in [2.05, 4.69) is 28.5 Å². The second kappa shape index (κ2) is 9.92. The molecule has 2 saturated heterocycles. The molecule has 0 aromatic heterocycles. The molecule has 1 atom stereocenters. The highest BCUT2D eigenvalue weighted by atomic mass is 16.5. The van der Waals surface area contributed by atoms with Crippen LogP contribution in [0.2, 0.25) is 0 Å². The number of benzene rings is 1. The minimum atomic E-state index is 0.222. The number of piperidine rings is 1. The van der Waals surface area contributed by atoms with Gasteiger partial charge in [0.2, 0.25) is 0 Å². The summed E-state index contributed by atoms with van der Waals surface area (Å²) in [4.78, 5) is 7.60. The predicted octanol–water partition coefficient (Wildman–Crippen LogP) is 2.14. The lowest BCUT2D eigenvalue weighted by atomic mass is 9.97. The average molecular weight is 392 g/mol. The van der Waals surface area contributed by atoms with Gasteiger partial charge in [-0.1, -0.05) is 6.07 Å². The summed E-state index contributed by atoms with van der Waals surface area (Å²) < 4.78 is 5.45. The smallest absolute Gasteiger partial charge is 0.127 e. The van der Waals surface area contributed by atoms with Crippen molar-refractivity contribution >= 4 is 0 Å². The van der Waals surface area contributed by atoms with Gasteiger partial charge >= 0.3 is 0 Å². The molecule has 158 valence electrons. The minimum Gasteiger partial charge on any atom is -0.507 e. The molecule has 1 aromatic rings. The normalized spacial score (nSPS) is 23.4. The number of hydrogen-bond donors (Lipinski definition) is 2. The van der Waals surface area contributed by atoms with Crippen molar-refractivity contribution in [2.45, 2.75) is 57.8 Å². The molecule has 2 N–H and O–H groups in total. The zero-order chi connectivity index (χ0) is 20.1. The van der Waals surface area contributed by atoms with Crippen LogP contribution >= 0.6 is 0 Å². The Labute approximate surface area is 169 Å². The van der Waals surface area contributed by atoms with Crippen LogP contribution in [0.5, 0.6) is 11.5 Å². The highest BCUT2D eigenvalue weighted by Crippen LogP contribution is 2.30. The zero-order valence-corrected chi connectivity index (χ0v) is 17.7. The molecule has 2 aliphatic rings. The molecule has 1 aromatic carbocycles. The Bertz CT molecular complexity index is 617. The average Bonchev–Trinajstić information content (AvgIpc) is 2.70. The first-order valence-electron chi connectivity index (χ1n) is 10.7. The van der Waals surface area contributed by atoms with Crippen molar-refractivity contribution in [2.24, 2.45) is 0 Å². The molecule has 2 heterocycles. The van der Waals surface area contributed by atoms with Crippen molar-refractivity contribution in [3.8, 4) is 11.5 Å². The number of ether oxygens (including phenoxy) is 1. The third-order valence-electron chi connectivity index (χ3n) is 6.48. The number of hydrogen-bond acceptors (Lipinski definition) is 6. The van der Waals surface area contributed by atoms with Gasteiger partial charge in [-0.2, -0.15) is 0 Å². The van der Waals surface area contributed by atoms with Gasteiger partial charge < -0.3 is 19.8 Å². The molecule has 3 rings (SSSR count). The van der Waals surface area contributed by atoms with Crippen molar-refractivity contribution in [2.75, 3.05) is 46.4 Å². The molecular formula is C22H37N3O3. The topological polar surface area (TPSA) is 59.4 Å². The van der Waals surface area contributed by atoms with Gasteiger partial charge in [-0.3, -0.25) is 9.80 Å². The van der Waals surface area contributed by atoms with Crippen LogP contribution in [0, 0.1) is 0 Å². The maximum Gasteiger partial charge on any atom is 0.127 e. The molecule has 0 bridgehead atoms. The quantitative estimate of drug-likeness (QED) is 0.743. The molecule has 0 radical (unpaired) electrons. The van der Waals surface area contributed by atoms with Crippen molar-refractivity contribution < 1.29 is 14.9 Å². The van der Waals surface area contributed by atoms with Crippen LogP contribution in [0.1, 0.15) is 38.7 Å². The molecule has 0 unspecified atom stereocenters. The Morgan fingerprint density at radius 2 is 1.89 bits per heavy atom. The molecule has 2 fully saturated rings. The first-order chi connectivity index (χ1) is 13.5. The predicted molar refractivity (Wildman–Crippen MR) is 112 cm³/mol. The summed E-state index contributed by atoms with van der Waals surface area (Å²) in [6, 6.07) is 7.05. The second-order valence-corrected chi connectivity index (χ2v) is 8.46. The number of aromatic hydroxyl groups is 1. The van der Waals surface area contributed by atoms with E-state index in [1.807, 2.05) is 12.1 Å². The van der Waals surface area contributed by atoms with E-state index in [0.29, 0.717) is 30.4 Å². The van der Waals surface area contributed by atoms with E-state index in [1.54, 1.807) is 13.2 Å². The van der Waals surface area contributed by atoms with Crippen LogP contribution in [0.25, 0.3) is 0 Å². The zero-order valence-electron chi connectivity index (χ0n) is 17.7. The summed E-state index contributed by atoms with van der Waals surface area (Å²) in [5.74, 6) is 1.03. The molecule has 0 spiro atoms. The van der Waals surface area contributed by atoms with Gasteiger partial charge in [-0.15, -0.1) is 0 Å². The summed E-state index contributed by atoms with van der Waals surface area (Å²) in [6.07, 6.45) is 3.24. The second-order valence-electron chi connectivity index (χ2n) is 8.46. The van der Waals surface area contributed by atoms with Gasteiger partial charge in [0, 0.05) is 56.5 Å². The van der Waals surface area contributed by atoms with Crippen LogP contribution in [0.3, 0.4) is 0 Å². The van der Waals surface area contributed by atoms with E-state index >= 15 is 0 Å². The highest BCUT2D eigenvalue weighted by molar-refractivity contribution is 5.43. The van der Waals surface area contributed by atoms with Crippen LogP contribution in [0.15, 0.2) is 18.2 Å². The molecular weight excluding hydrogens is 354 g/mol. The van der Waals surface area contributed by atoms with Crippen molar-refractivity contribution in [3.63, 3.8) is 0 Å². The summed E-state index contributed by atoms with van der Waals surface area (Å²) in [5, 5.41) is 19.9. The maximum atomic E-state index is 10.3. The first kappa shape index (κ1) is 21.4. The number of nitrogens with zero attached hydrogens (tertiary/aromatic N) is 3. The third-order valence-corrected chi connectivity index (χ3v) is 6.48. The largest absolute Gasteiger partial charge is 0.507 e. The van der Waals surface area contributed by atoms with E-state index < -0.39 is 0 Å². The molecule has 0 amide bonds. The summed E-state index contributed by atoms with van der Waals surface area (Å²) in [6.45, 7) is 10.7. The lowest BCUT2D eigenvalue weighted by Crippen LogP contribution is -2.58. The number of phenols is 1. The maximum absolute atomic E-state index is 10.3. The number of piperazine rings is 1. The SMILES string of the molecule is COc1cccc(O)c1CN1CCN(C2CCN(C(C)C)CC2)[C@@H](CCO)C1. The van der Waals surface area contributed by atoms with Gasteiger partial charge in [0.05, 0.1) is 7.11 Å². The van der Waals surface area contributed by atoms with Crippen LogP contribution in [0.4, 0.5) is 0 Å². The van der Waals surface area contributed by atoms with E-state index in [1.165, 1.54) is 25.9 Å². The number of methoxy groups -OCH3 is 1. The lowest BCUT2D eigenvalue weighted by Gasteiger charge is -2.48. The van der Waals surface area contributed by atoms with Crippen LogP contribution in [-0.2, 0) is 6.54 Å². The molecule has 6 heteroatoms. The summed E-state index contributed by atoms with van der Waals surface area (Å²) in [7, 11) is 1.65. The van der Waals surface area contributed by atoms with Gasteiger partial charge in [0.15, 0.2) is 0 Å². The third kappa shape index (κ3) is 4.98. The Kier molecular flexibility index (Phi) is 7.57. The van der Waals surface area contributed by atoms with Crippen LogP contribution in [-0.4, -0.2) is 89.5 Å². The molecule has 0 saturated carbocycles. The van der Waals surface area contributed by atoms with E-state index in [-0.39, 0.29) is 6.61 Å². The monoisotopic (exact) mass is 391 g/mol. The molecule has 28 heavy (non-hydrogen) atoms. The number of aliphatic hydroxyl groups is 1. The number of likely N-dealkylation sites (tertiary alicyclic amines) is 1. The molecule has 2 aliphatic heterocycles. The fourth-order valence-electron chi connectivity index (χ4n) is 4.83. The van der Waals surface area contributed by atoms with Crippen molar-refractivity contribution in [1.29, 1.82) is 0 Å². The lowest BCUT2D eigenvalue weighted by molar-refractivity contribution is -0.000364. The summed E-state index contributed by atoms with van der Waals surface area (Å²) in [5.41, 5.74) is 0.853. The van der Waals surface area contributed by atoms with Gasteiger partial charge in [0.1, 0.15) is 11.5 Å². The van der Waals surface area contributed by atoms with E-state index in [0.717, 1.165) is 37.4 Å². The van der Waals surface area contributed by atoms with Crippen molar-refractivity contribution in [3.05, 3.63) is 23.8 Å². The Morgan fingerprint density at radius 3 is 2.54 bits per heavy atom. The van der Waals surface area contributed by atoms with Gasteiger partial charge in [0.25, 0.3) is 0 Å². The van der Waals surface area contributed by atoms with Crippen LogP contribution < -0.4 is 4.74 Å². The Balaban J connectivity index is 1.63. The molecule has 6 nitrogen and oxygen atoms in total. The van der Waals surface area contributed by atoms with E-state index in [4.69, 9.17) is 4.74 Å². The van der Waals surface area contributed by atoms with E-state index in [9.17, 15) is 10.2 Å². The number of rotatable bonds is 7.